The van der Waals surface area contributed by atoms with E-state index >= 15 is 0 Å². The van der Waals surface area contributed by atoms with Gasteiger partial charge in [-0.1, -0.05) is 0 Å². The summed E-state index contributed by atoms with van der Waals surface area (Å²) in [5.74, 6) is 1.01. The molecule has 0 radical (unpaired) electrons. The van der Waals surface area contributed by atoms with E-state index in [0.717, 1.165) is 13.2 Å². The van der Waals surface area contributed by atoms with Crippen LogP contribution in [0.2, 0.25) is 0 Å². The molecule has 2 saturated heterocycles. The Morgan fingerprint density at radius 1 is 1.29 bits per heavy atom. The summed E-state index contributed by atoms with van der Waals surface area (Å²) in [6.45, 7) is 3.97. The third kappa shape index (κ3) is 1.47. The van der Waals surface area contributed by atoms with Gasteiger partial charge in [0.2, 0.25) is 0 Å². The molecule has 2 aliphatic heterocycles. The maximum Gasteiger partial charge on any atom is 0.0513 e. The van der Waals surface area contributed by atoms with Crippen molar-refractivity contribution >= 4 is 0 Å². The number of aliphatic hydroxyl groups excluding tert-OH is 1. The Hall–Kier alpha value is -0.120. The molecule has 2 heterocycles. The lowest BCUT2D eigenvalue weighted by molar-refractivity contribution is 0.0581. The molecule has 0 aromatic rings. The summed E-state index contributed by atoms with van der Waals surface area (Å²) in [5.41, 5.74) is 0. The molecular weight excluding hydrogens is 178 g/mol. The van der Waals surface area contributed by atoms with Crippen LogP contribution in [-0.2, 0) is 4.74 Å². The number of fused-ring (bicyclic) bond motifs is 2. The van der Waals surface area contributed by atoms with Crippen LogP contribution in [0.1, 0.15) is 19.8 Å². The Morgan fingerprint density at radius 3 is 2.50 bits per heavy atom. The molecule has 0 aromatic heterocycles. The molecule has 0 amide bonds. The zero-order valence-corrected chi connectivity index (χ0v) is 9.15. The standard InChI is InChI=1S/C11H21NO2/c1-3-14-7-9-8(6-13)10-4-5-11(9)12(10)2/h8-11,13H,3-7H2,1-2H3. The average molecular weight is 199 g/mol. The Morgan fingerprint density at radius 2 is 1.93 bits per heavy atom. The van der Waals surface area contributed by atoms with Gasteiger partial charge in [0.05, 0.1) is 6.61 Å². The summed E-state index contributed by atoms with van der Waals surface area (Å²) in [7, 11) is 2.19. The van der Waals surface area contributed by atoms with Crippen molar-refractivity contribution in [2.24, 2.45) is 11.8 Å². The summed E-state index contributed by atoms with van der Waals surface area (Å²) in [5, 5.41) is 9.39. The SMILES string of the molecule is CCOCC1C(CO)C2CCC1N2C. The fourth-order valence-electron chi connectivity index (χ4n) is 3.34. The first-order chi connectivity index (χ1) is 6.79. The Labute approximate surface area is 86.0 Å². The van der Waals surface area contributed by atoms with Crippen LogP contribution >= 0.6 is 0 Å². The predicted molar refractivity (Wildman–Crippen MR) is 55.1 cm³/mol. The van der Waals surface area contributed by atoms with Crippen molar-refractivity contribution in [3.63, 3.8) is 0 Å². The van der Waals surface area contributed by atoms with Gasteiger partial charge in [-0.15, -0.1) is 0 Å². The lowest BCUT2D eigenvalue weighted by Gasteiger charge is -2.27. The molecule has 0 aliphatic carbocycles. The van der Waals surface area contributed by atoms with Crippen LogP contribution in [0.5, 0.6) is 0 Å². The molecule has 2 rings (SSSR count). The van der Waals surface area contributed by atoms with E-state index in [1.807, 2.05) is 6.92 Å². The summed E-state index contributed by atoms with van der Waals surface area (Å²) in [6.07, 6.45) is 2.55. The second-order valence-electron chi connectivity index (χ2n) is 4.55. The van der Waals surface area contributed by atoms with E-state index in [9.17, 15) is 5.11 Å². The van der Waals surface area contributed by atoms with E-state index in [1.54, 1.807) is 0 Å². The summed E-state index contributed by atoms with van der Waals surface area (Å²) in [4.78, 5) is 2.45. The van der Waals surface area contributed by atoms with Gasteiger partial charge in [-0.3, -0.25) is 4.90 Å². The number of hydrogen-bond donors (Lipinski definition) is 1. The molecule has 14 heavy (non-hydrogen) atoms. The van der Waals surface area contributed by atoms with Crippen LogP contribution in [0.25, 0.3) is 0 Å². The minimum atomic E-state index is 0.323. The summed E-state index contributed by atoms with van der Waals surface area (Å²) < 4.78 is 5.51. The summed E-state index contributed by atoms with van der Waals surface area (Å²) >= 11 is 0. The van der Waals surface area contributed by atoms with Gasteiger partial charge in [-0.2, -0.15) is 0 Å². The lowest BCUT2D eigenvalue weighted by atomic mass is 9.80. The van der Waals surface area contributed by atoms with Crippen molar-refractivity contribution in [2.75, 3.05) is 26.9 Å². The molecule has 0 saturated carbocycles. The van der Waals surface area contributed by atoms with E-state index in [1.165, 1.54) is 12.8 Å². The molecule has 2 fully saturated rings. The van der Waals surface area contributed by atoms with Crippen molar-refractivity contribution in [2.45, 2.75) is 31.8 Å². The number of aliphatic hydroxyl groups is 1. The quantitative estimate of drug-likeness (QED) is 0.724. The Balaban J connectivity index is 2.01. The normalized spacial score (nSPS) is 42.2. The molecule has 0 aromatic carbocycles. The van der Waals surface area contributed by atoms with Gasteiger partial charge in [-0.05, 0) is 26.8 Å². The minimum absolute atomic E-state index is 0.323. The molecule has 82 valence electrons. The molecular formula is C11H21NO2. The third-order valence-corrected chi connectivity index (χ3v) is 4.07. The van der Waals surface area contributed by atoms with Crippen LogP contribution in [0.4, 0.5) is 0 Å². The molecule has 3 heteroatoms. The van der Waals surface area contributed by atoms with E-state index in [0.29, 0.717) is 30.5 Å². The van der Waals surface area contributed by atoms with E-state index in [4.69, 9.17) is 4.74 Å². The Bertz CT molecular complexity index is 198. The molecule has 4 unspecified atom stereocenters. The smallest absolute Gasteiger partial charge is 0.0513 e. The van der Waals surface area contributed by atoms with Crippen molar-refractivity contribution in [3.8, 4) is 0 Å². The first-order valence-corrected chi connectivity index (χ1v) is 5.70. The van der Waals surface area contributed by atoms with Gasteiger partial charge in [0, 0.05) is 37.1 Å². The van der Waals surface area contributed by atoms with Gasteiger partial charge in [0.25, 0.3) is 0 Å². The molecule has 2 bridgehead atoms. The van der Waals surface area contributed by atoms with Crippen LogP contribution in [0.15, 0.2) is 0 Å². The van der Waals surface area contributed by atoms with E-state index in [2.05, 4.69) is 11.9 Å². The Kier molecular flexibility index (Phi) is 3.10. The average Bonchev–Trinajstić information content (AvgIpc) is 2.68. The first-order valence-electron chi connectivity index (χ1n) is 5.70. The van der Waals surface area contributed by atoms with Crippen molar-refractivity contribution in [3.05, 3.63) is 0 Å². The fraction of sp³-hybridized carbons (Fsp3) is 1.00. The highest BCUT2D eigenvalue weighted by Gasteiger charge is 2.50. The van der Waals surface area contributed by atoms with Crippen molar-refractivity contribution < 1.29 is 9.84 Å². The van der Waals surface area contributed by atoms with Crippen molar-refractivity contribution in [1.29, 1.82) is 0 Å². The zero-order chi connectivity index (χ0) is 10.1. The maximum atomic E-state index is 9.39. The van der Waals surface area contributed by atoms with Crippen LogP contribution < -0.4 is 0 Å². The van der Waals surface area contributed by atoms with Crippen LogP contribution in [-0.4, -0.2) is 49.0 Å². The molecule has 1 N–H and O–H groups in total. The van der Waals surface area contributed by atoms with E-state index < -0.39 is 0 Å². The summed E-state index contributed by atoms with van der Waals surface area (Å²) in [6, 6.07) is 1.26. The molecule has 0 spiro atoms. The second-order valence-corrected chi connectivity index (χ2v) is 4.55. The second kappa shape index (κ2) is 4.17. The van der Waals surface area contributed by atoms with Gasteiger partial charge in [0.1, 0.15) is 0 Å². The lowest BCUT2D eigenvalue weighted by Crippen LogP contribution is -2.33. The third-order valence-electron chi connectivity index (χ3n) is 4.07. The van der Waals surface area contributed by atoms with Crippen LogP contribution in [0, 0.1) is 11.8 Å². The van der Waals surface area contributed by atoms with Gasteiger partial charge in [0.15, 0.2) is 0 Å². The first kappa shape index (κ1) is 10.4. The molecule has 4 atom stereocenters. The highest BCUT2D eigenvalue weighted by molar-refractivity contribution is 5.03. The highest BCUT2D eigenvalue weighted by atomic mass is 16.5. The number of nitrogens with zero attached hydrogens (tertiary/aromatic N) is 1. The number of ether oxygens (including phenoxy) is 1. The van der Waals surface area contributed by atoms with Gasteiger partial charge < -0.3 is 9.84 Å². The zero-order valence-electron chi connectivity index (χ0n) is 9.15. The topological polar surface area (TPSA) is 32.7 Å². The van der Waals surface area contributed by atoms with Gasteiger partial charge in [-0.25, -0.2) is 0 Å². The number of rotatable bonds is 4. The maximum absolute atomic E-state index is 9.39. The number of hydrogen-bond acceptors (Lipinski definition) is 3. The van der Waals surface area contributed by atoms with E-state index in [-0.39, 0.29) is 0 Å². The van der Waals surface area contributed by atoms with Crippen molar-refractivity contribution in [1.82, 2.24) is 4.90 Å². The molecule has 2 aliphatic rings. The van der Waals surface area contributed by atoms with Crippen LogP contribution in [0.3, 0.4) is 0 Å². The highest BCUT2D eigenvalue weighted by Crippen LogP contribution is 2.44. The largest absolute Gasteiger partial charge is 0.396 e. The predicted octanol–water partition coefficient (Wildman–Crippen LogP) is 0.724. The molecule has 3 nitrogen and oxygen atoms in total. The fourth-order valence-corrected chi connectivity index (χ4v) is 3.34. The van der Waals surface area contributed by atoms with Gasteiger partial charge >= 0.3 is 0 Å². The monoisotopic (exact) mass is 199 g/mol. The minimum Gasteiger partial charge on any atom is -0.396 e.